The van der Waals surface area contributed by atoms with E-state index in [1.165, 1.54) is 11.3 Å². The standard InChI is InChI=1S/C26H24O4S/c1-26(2,3)30-20-12-5-16(6-13-20)24(28)23-21-14-9-18(27)15-22(21)31-25(23)17-7-10-19(29-4)11-8-17/h5-15,27H,1-4H3. The lowest BCUT2D eigenvalue weighted by atomic mass is 9.97. The SMILES string of the molecule is COc1ccc(-c2sc3cc(O)ccc3c2C(=O)c2ccc(OC(C)(C)C)cc2)cc1. The summed E-state index contributed by atoms with van der Waals surface area (Å²) in [4.78, 5) is 14.5. The maximum Gasteiger partial charge on any atom is 0.195 e. The molecule has 1 heterocycles. The van der Waals surface area contributed by atoms with Crippen LogP contribution in [-0.2, 0) is 0 Å². The Bertz CT molecular complexity index is 1230. The first-order valence-electron chi connectivity index (χ1n) is 9.99. The number of aromatic hydroxyl groups is 1. The third-order valence-electron chi connectivity index (χ3n) is 4.79. The summed E-state index contributed by atoms with van der Waals surface area (Å²) in [5.74, 6) is 1.59. The minimum atomic E-state index is -0.307. The van der Waals surface area contributed by atoms with Gasteiger partial charge in [0, 0.05) is 26.1 Å². The number of thiophene rings is 1. The molecule has 0 aliphatic rings. The predicted molar refractivity (Wildman–Crippen MR) is 126 cm³/mol. The second kappa shape index (κ2) is 8.08. The summed E-state index contributed by atoms with van der Waals surface area (Å²) in [6.45, 7) is 5.96. The van der Waals surface area contributed by atoms with Crippen molar-refractivity contribution in [1.82, 2.24) is 0 Å². The van der Waals surface area contributed by atoms with Crippen molar-refractivity contribution in [3.8, 4) is 27.7 Å². The second-order valence-corrected chi connectivity index (χ2v) is 9.34. The normalized spacial score (nSPS) is 11.5. The zero-order chi connectivity index (χ0) is 22.2. The number of fused-ring (bicyclic) bond motifs is 1. The van der Waals surface area contributed by atoms with E-state index in [0.29, 0.717) is 11.1 Å². The number of carbonyl (C=O) groups is 1. The zero-order valence-electron chi connectivity index (χ0n) is 17.9. The van der Waals surface area contributed by atoms with Gasteiger partial charge in [-0.2, -0.15) is 0 Å². The number of phenolic OH excluding ortho intramolecular Hbond substituents is 1. The van der Waals surface area contributed by atoms with Crippen LogP contribution in [0, 0.1) is 0 Å². The highest BCUT2D eigenvalue weighted by atomic mass is 32.1. The molecule has 5 heteroatoms. The van der Waals surface area contributed by atoms with Crippen molar-refractivity contribution in [3.05, 3.63) is 77.9 Å². The first-order chi connectivity index (χ1) is 14.7. The molecule has 0 unspecified atom stereocenters. The van der Waals surface area contributed by atoms with E-state index in [4.69, 9.17) is 9.47 Å². The van der Waals surface area contributed by atoms with Crippen LogP contribution in [0.4, 0.5) is 0 Å². The molecule has 0 aliphatic carbocycles. The van der Waals surface area contributed by atoms with Gasteiger partial charge in [-0.05, 0) is 93.1 Å². The van der Waals surface area contributed by atoms with Gasteiger partial charge >= 0.3 is 0 Å². The maximum absolute atomic E-state index is 13.6. The summed E-state index contributed by atoms with van der Waals surface area (Å²) in [5, 5.41) is 10.8. The number of rotatable bonds is 5. The van der Waals surface area contributed by atoms with Crippen LogP contribution in [0.25, 0.3) is 20.5 Å². The topological polar surface area (TPSA) is 55.8 Å². The molecule has 0 spiro atoms. The highest BCUT2D eigenvalue weighted by molar-refractivity contribution is 7.22. The number of ether oxygens (including phenoxy) is 2. The second-order valence-electron chi connectivity index (χ2n) is 8.28. The van der Waals surface area contributed by atoms with Gasteiger partial charge in [-0.1, -0.05) is 0 Å². The molecule has 4 aromatic rings. The van der Waals surface area contributed by atoms with Crippen LogP contribution < -0.4 is 9.47 Å². The molecule has 1 aromatic heterocycles. The van der Waals surface area contributed by atoms with Gasteiger partial charge in [-0.25, -0.2) is 0 Å². The molecule has 0 radical (unpaired) electrons. The Morgan fingerprint density at radius 3 is 2.16 bits per heavy atom. The summed E-state index contributed by atoms with van der Waals surface area (Å²) in [6.07, 6.45) is 0. The van der Waals surface area contributed by atoms with Crippen molar-refractivity contribution in [2.75, 3.05) is 7.11 Å². The third kappa shape index (κ3) is 4.42. The molecule has 4 rings (SSSR count). The van der Waals surface area contributed by atoms with Crippen LogP contribution in [0.5, 0.6) is 17.2 Å². The Kier molecular flexibility index (Phi) is 5.46. The number of ketones is 1. The van der Waals surface area contributed by atoms with Gasteiger partial charge in [0.2, 0.25) is 0 Å². The molecule has 31 heavy (non-hydrogen) atoms. The molecule has 4 nitrogen and oxygen atoms in total. The lowest BCUT2D eigenvalue weighted by Gasteiger charge is -2.21. The number of carbonyl (C=O) groups excluding carboxylic acids is 1. The van der Waals surface area contributed by atoms with E-state index in [0.717, 1.165) is 32.0 Å². The van der Waals surface area contributed by atoms with Crippen LogP contribution >= 0.6 is 11.3 Å². The highest BCUT2D eigenvalue weighted by Gasteiger charge is 2.22. The van der Waals surface area contributed by atoms with Crippen molar-refractivity contribution >= 4 is 27.2 Å². The van der Waals surface area contributed by atoms with E-state index >= 15 is 0 Å². The molecule has 0 atom stereocenters. The first kappa shape index (κ1) is 20.9. The number of phenols is 1. The molecule has 0 fully saturated rings. The van der Waals surface area contributed by atoms with Crippen molar-refractivity contribution in [2.45, 2.75) is 26.4 Å². The van der Waals surface area contributed by atoms with Gasteiger partial charge in [0.1, 0.15) is 22.8 Å². The fourth-order valence-electron chi connectivity index (χ4n) is 3.43. The third-order valence-corrected chi connectivity index (χ3v) is 6.00. The average Bonchev–Trinajstić information content (AvgIpc) is 3.11. The zero-order valence-corrected chi connectivity index (χ0v) is 18.7. The molecule has 0 aliphatic heterocycles. The van der Waals surface area contributed by atoms with Crippen molar-refractivity contribution in [2.24, 2.45) is 0 Å². The molecule has 158 valence electrons. The molecular formula is C26H24O4S. The van der Waals surface area contributed by atoms with Crippen LogP contribution in [0.1, 0.15) is 36.7 Å². The van der Waals surface area contributed by atoms with E-state index in [9.17, 15) is 9.90 Å². The Balaban J connectivity index is 1.80. The van der Waals surface area contributed by atoms with Crippen LogP contribution in [0.3, 0.4) is 0 Å². The predicted octanol–water partition coefficient (Wildman–Crippen LogP) is 6.69. The van der Waals surface area contributed by atoms with Crippen molar-refractivity contribution < 1.29 is 19.4 Å². The first-order valence-corrected chi connectivity index (χ1v) is 10.8. The number of hydrogen-bond donors (Lipinski definition) is 1. The fourth-order valence-corrected chi connectivity index (χ4v) is 4.67. The molecule has 0 amide bonds. The number of benzene rings is 3. The van der Waals surface area contributed by atoms with Crippen LogP contribution in [0.15, 0.2) is 66.7 Å². The Morgan fingerprint density at radius 1 is 0.903 bits per heavy atom. The minimum Gasteiger partial charge on any atom is -0.508 e. The molecule has 0 saturated heterocycles. The molecule has 0 saturated carbocycles. The van der Waals surface area contributed by atoms with Gasteiger partial charge < -0.3 is 14.6 Å². The summed E-state index contributed by atoms with van der Waals surface area (Å²) >= 11 is 1.49. The van der Waals surface area contributed by atoms with Gasteiger partial charge in [-0.3, -0.25) is 4.79 Å². The molecule has 1 N–H and O–H groups in total. The van der Waals surface area contributed by atoms with E-state index in [-0.39, 0.29) is 17.1 Å². The number of methoxy groups -OCH3 is 1. The maximum atomic E-state index is 13.6. The lowest BCUT2D eigenvalue weighted by Crippen LogP contribution is -2.22. The summed E-state index contributed by atoms with van der Waals surface area (Å²) in [5.41, 5.74) is 1.84. The van der Waals surface area contributed by atoms with Gasteiger partial charge in [0.15, 0.2) is 5.78 Å². The number of hydrogen-bond acceptors (Lipinski definition) is 5. The molecular weight excluding hydrogens is 408 g/mol. The molecule has 0 bridgehead atoms. The van der Waals surface area contributed by atoms with Crippen LogP contribution in [-0.4, -0.2) is 23.6 Å². The highest BCUT2D eigenvalue weighted by Crippen LogP contribution is 2.41. The Hall–Kier alpha value is -3.31. The van der Waals surface area contributed by atoms with E-state index < -0.39 is 0 Å². The van der Waals surface area contributed by atoms with E-state index in [2.05, 4.69) is 0 Å². The van der Waals surface area contributed by atoms with Gasteiger partial charge in [0.25, 0.3) is 0 Å². The van der Waals surface area contributed by atoms with Crippen molar-refractivity contribution in [1.29, 1.82) is 0 Å². The average molecular weight is 433 g/mol. The lowest BCUT2D eigenvalue weighted by molar-refractivity contribution is 0.104. The largest absolute Gasteiger partial charge is 0.508 e. The van der Waals surface area contributed by atoms with Gasteiger partial charge in [0.05, 0.1) is 7.11 Å². The Morgan fingerprint density at radius 2 is 1.55 bits per heavy atom. The minimum absolute atomic E-state index is 0.0648. The van der Waals surface area contributed by atoms with Crippen LogP contribution in [0.2, 0.25) is 0 Å². The Labute approximate surface area is 185 Å². The summed E-state index contributed by atoms with van der Waals surface area (Å²) < 4.78 is 12.0. The van der Waals surface area contributed by atoms with Gasteiger partial charge in [-0.15, -0.1) is 11.3 Å². The van der Waals surface area contributed by atoms with E-state index in [1.807, 2.05) is 57.2 Å². The summed E-state index contributed by atoms with van der Waals surface area (Å²) in [6, 6.07) is 20.0. The monoisotopic (exact) mass is 432 g/mol. The fraction of sp³-hybridized carbons (Fsp3) is 0.192. The van der Waals surface area contributed by atoms with Crippen molar-refractivity contribution in [3.63, 3.8) is 0 Å². The molecule has 3 aromatic carbocycles. The van der Waals surface area contributed by atoms with E-state index in [1.54, 1.807) is 37.4 Å². The summed E-state index contributed by atoms with van der Waals surface area (Å²) in [7, 11) is 1.62. The smallest absolute Gasteiger partial charge is 0.195 e. The quantitative estimate of drug-likeness (QED) is 0.357.